The molecule has 0 saturated carbocycles. The zero-order valence-electron chi connectivity index (χ0n) is 15.8. The normalized spacial score (nSPS) is 19.4. The van der Waals surface area contributed by atoms with Crippen molar-refractivity contribution in [1.82, 2.24) is 9.78 Å². The van der Waals surface area contributed by atoms with Crippen LogP contribution in [0.1, 0.15) is 44.5 Å². The number of carbonyl (C=O) groups is 1. The van der Waals surface area contributed by atoms with Gasteiger partial charge in [-0.2, -0.15) is 5.10 Å². The lowest BCUT2D eigenvalue weighted by Gasteiger charge is -2.15. The third kappa shape index (κ3) is 4.86. The molecule has 1 aromatic heterocycles. The quantitative estimate of drug-likeness (QED) is 0.817. The Labute approximate surface area is 160 Å². The fourth-order valence-electron chi connectivity index (χ4n) is 3.00. The molecule has 27 heavy (non-hydrogen) atoms. The predicted octanol–water partition coefficient (Wildman–Crippen LogP) is 3.19. The maximum absolute atomic E-state index is 12.4. The van der Waals surface area contributed by atoms with Crippen molar-refractivity contribution in [3.05, 3.63) is 53.7 Å². The molecule has 1 saturated heterocycles. The lowest BCUT2D eigenvalue weighted by Crippen LogP contribution is -2.19. The molecule has 1 aromatic carbocycles. The minimum absolute atomic E-state index is 0.0565. The second kappa shape index (κ2) is 7.31. The molecule has 1 fully saturated rings. The number of nitrogens with one attached hydrogen (secondary N) is 1. The summed E-state index contributed by atoms with van der Waals surface area (Å²) in [5.74, 6) is 0.469. The maximum Gasteiger partial charge on any atom is 0.249 e. The van der Waals surface area contributed by atoms with Crippen LogP contribution in [0.2, 0.25) is 0 Å². The molecule has 1 aliphatic heterocycles. The fourth-order valence-corrected chi connectivity index (χ4v) is 4.70. The second-order valence-corrected chi connectivity index (χ2v) is 10.1. The van der Waals surface area contributed by atoms with Gasteiger partial charge < -0.3 is 5.32 Å². The van der Waals surface area contributed by atoms with Gasteiger partial charge in [0.25, 0.3) is 0 Å². The minimum Gasteiger partial charge on any atom is -0.307 e. The number of nitrogens with zero attached hydrogens (tertiary/aromatic N) is 2. The van der Waals surface area contributed by atoms with Crippen molar-refractivity contribution in [1.29, 1.82) is 0 Å². The van der Waals surface area contributed by atoms with Crippen LogP contribution in [0.5, 0.6) is 0 Å². The van der Waals surface area contributed by atoms with Crippen LogP contribution in [-0.4, -0.2) is 35.6 Å². The molecule has 0 unspecified atom stereocenters. The number of anilines is 1. The van der Waals surface area contributed by atoms with Gasteiger partial charge in [-0.1, -0.05) is 51.1 Å². The van der Waals surface area contributed by atoms with Crippen LogP contribution in [-0.2, 0) is 20.0 Å². The van der Waals surface area contributed by atoms with Gasteiger partial charge in [0.05, 0.1) is 23.2 Å². The molecule has 0 spiro atoms. The molecular formula is C20H25N3O3S. The van der Waals surface area contributed by atoms with Crippen molar-refractivity contribution in [3.8, 4) is 0 Å². The van der Waals surface area contributed by atoms with E-state index in [0.29, 0.717) is 12.2 Å². The summed E-state index contributed by atoms with van der Waals surface area (Å²) >= 11 is 0. The molecule has 1 amide bonds. The summed E-state index contributed by atoms with van der Waals surface area (Å²) in [6, 6.07) is 11.1. The van der Waals surface area contributed by atoms with E-state index < -0.39 is 9.84 Å². The largest absolute Gasteiger partial charge is 0.307 e. The highest BCUT2D eigenvalue weighted by Gasteiger charge is 2.32. The molecule has 1 atom stereocenters. The van der Waals surface area contributed by atoms with E-state index in [2.05, 4.69) is 10.4 Å². The summed E-state index contributed by atoms with van der Waals surface area (Å²) < 4.78 is 25.4. The Bertz CT molecular complexity index is 954. The SMILES string of the molecule is CC(C)(C)c1cc(NC(=O)/C=C/c2ccccc2)n([C@@H]2CCS(=O)(=O)C2)n1. The van der Waals surface area contributed by atoms with Crippen molar-refractivity contribution >= 4 is 27.6 Å². The number of benzene rings is 1. The fraction of sp³-hybridized carbons (Fsp3) is 0.400. The van der Waals surface area contributed by atoms with E-state index >= 15 is 0 Å². The van der Waals surface area contributed by atoms with Crippen LogP contribution in [0, 0.1) is 0 Å². The van der Waals surface area contributed by atoms with Gasteiger partial charge in [0.1, 0.15) is 5.82 Å². The molecule has 0 aliphatic carbocycles. The molecule has 1 aliphatic rings. The van der Waals surface area contributed by atoms with Gasteiger partial charge in [0.2, 0.25) is 5.91 Å². The maximum atomic E-state index is 12.4. The highest BCUT2D eigenvalue weighted by molar-refractivity contribution is 7.91. The lowest BCUT2D eigenvalue weighted by molar-refractivity contribution is -0.111. The number of rotatable bonds is 4. The molecular weight excluding hydrogens is 362 g/mol. The van der Waals surface area contributed by atoms with Crippen LogP contribution in [0.25, 0.3) is 6.08 Å². The number of hydrogen-bond donors (Lipinski definition) is 1. The van der Waals surface area contributed by atoms with Crippen LogP contribution in [0.15, 0.2) is 42.5 Å². The molecule has 144 valence electrons. The Balaban J connectivity index is 1.84. The van der Waals surface area contributed by atoms with Crippen molar-refractivity contribution in [2.45, 2.75) is 38.6 Å². The van der Waals surface area contributed by atoms with E-state index in [1.807, 2.05) is 57.2 Å². The molecule has 2 aromatic rings. The van der Waals surface area contributed by atoms with Crippen molar-refractivity contribution in [2.24, 2.45) is 0 Å². The van der Waals surface area contributed by atoms with Crippen LogP contribution < -0.4 is 5.32 Å². The van der Waals surface area contributed by atoms with E-state index in [4.69, 9.17) is 0 Å². The summed E-state index contributed by atoms with van der Waals surface area (Å²) in [5, 5.41) is 7.47. The molecule has 1 N–H and O–H groups in total. The Morgan fingerprint density at radius 3 is 2.56 bits per heavy atom. The molecule has 6 nitrogen and oxygen atoms in total. The van der Waals surface area contributed by atoms with Gasteiger partial charge in [-0.3, -0.25) is 4.79 Å². The van der Waals surface area contributed by atoms with Crippen molar-refractivity contribution < 1.29 is 13.2 Å². The summed E-state index contributed by atoms with van der Waals surface area (Å²) in [6.45, 7) is 6.10. The Morgan fingerprint density at radius 2 is 1.96 bits per heavy atom. The smallest absolute Gasteiger partial charge is 0.249 e. The number of amides is 1. The van der Waals surface area contributed by atoms with Gasteiger partial charge in [-0.15, -0.1) is 0 Å². The number of sulfone groups is 1. The number of hydrogen-bond acceptors (Lipinski definition) is 4. The van der Waals surface area contributed by atoms with Gasteiger partial charge in [-0.25, -0.2) is 13.1 Å². The van der Waals surface area contributed by atoms with E-state index in [9.17, 15) is 13.2 Å². The van der Waals surface area contributed by atoms with E-state index in [0.717, 1.165) is 11.3 Å². The average Bonchev–Trinajstić information content (AvgIpc) is 3.17. The second-order valence-electron chi connectivity index (χ2n) is 7.90. The summed E-state index contributed by atoms with van der Waals surface area (Å²) in [7, 11) is -3.05. The van der Waals surface area contributed by atoms with Gasteiger partial charge >= 0.3 is 0 Å². The van der Waals surface area contributed by atoms with Gasteiger partial charge in [-0.05, 0) is 18.1 Å². The molecule has 7 heteroatoms. The van der Waals surface area contributed by atoms with Crippen molar-refractivity contribution in [2.75, 3.05) is 16.8 Å². The predicted molar refractivity (Wildman–Crippen MR) is 107 cm³/mol. The van der Waals surface area contributed by atoms with Crippen molar-refractivity contribution in [3.63, 3.8) is 0 Å². The Kier molecular flexibility index (Phi) is 5.24. The van der Waals surface area contributed by atoms with Gasteiger partial charge in [0.15, 0.2) is 9.84 Å². The first kappa shape index (κ1) is 19.4. The molecule has 0 radical (unpaired) electrons. The highest BCUT2D eigenvalue weighted by atomic mass is 32.2. The average molecular weight is 388 g/mol. The van der Waals surface area contributed by atoms with E-state index in [1.54, 1.807) is 10.8 Å². The monoisotopic (exact) mass is 387 g/mol. The highest BCUT2D eigenvalue weighted by Crippen LogP contribution is 2.30. The van der Waals surface area contributed by atoms with Gasteiger partial charge in [0, 0.05) is 17.6 Å². The first-order valence-corrected chi connectivity index (χ1v) is 10.8. The van der Waals surface area contributed by atoms with Crippen LogP contribution in [0.4, 0.5) is 5.82 Å². The number of carbonyl (C=O) groups excluding carboxylic acids is 1. The summed E-state index contributed by atoms with van der Waals surface area (Å²) in [4.78, 5) is 12.4. The van der Waals surface area contributed by atoms with Crippen LogP contribution in [0.3, 0.4) is 0 Å². The molecule has 2 heterocycles. The minimum atomic E-state index is -3.05. The zero-order valence-corrected chi connectivity index (χ0v) is 16.7. The standard InChI is InChI=1S/C20H25N3O3S/c1-20(2,3)17-13-18(23(22-17)16-11-12-27(25,26)14-16)21-19(24)10-9-15-7-5-4-6-8-15/h4-10,13,16H,11-12,14H2,1-3H3,(H,21,24)/b10-9+/t16-/m1/s1. The Hall–Kier alpha value is -2.41. The summed E-state index contributed by atoms with van der Waals surface area (Å²) in [6.07, 6.45) is 3.71. The van der Waals surface area contributed by atoms with Crippen LogP contribution >= 0.6 is 0 Å². The zero-order chi connectivity index (χ0) is 19.7. The molecule has 0 bridgehead atoms. The third-order valence-electron chi connectivity index (χ3n) is 4.54. The van der Waals surface area contributed by atoms with E-state index in [-0.39, 0.29) is 28.9 Å². The first-order chi connectivity index (χ1) is 12.6. The molecule has 3 rings (SSSR count). The topological polar surface area (TPSA) is 81.1 Å². The Morgan fingerprint density at radius 1 is 1.26 bits per heavy atom. The lowest BCUT2D eigenvalue weighted by atomic mass is 9.92. The summed E-state index contributed by atoms with van der Waals surface area (Å²) in [5.41, 5.74) is 1.54. The van der Waals surface area contributed by atoms with E-state index in [1.165, 1.54) is 6.08 Å². The third-order valence-corrected chi connectivity index (χ3v) is 6.29. The number of aromatic nitrogens is 2. The first-order valence-electron chi connectivity index (χ1n) is 8.99.